The SMILES string of the molecule is CCn1cc(NCCC(C)(C)OC)cn1. The number of methoxy groups -OCH3 is 1. The van der Waals surface area contributed by atoms with E-state index in [1.165, 1.54) is 0 Å². The monoisotopic (exact) mass is 211 g/mol. The number of nitrogens with zero attached hydrogens (tertiary/aromatic N) is 2. The summed E-state index contributed by atoms with van der Waals surface area (Å²) in [6.07, 6.45) is 4.84. The van der Waals surface area contributed by atoms with Crippen LogP contribution in [0.2, 0.25) is 0 Å². The highest BCUT2D eigenvalue weighted by atomic mass is 16.5. The van der Waals surface area contributed by atoms with Crippen LogP contribution < -0.4 is 5.32 Å². The lowest BCUT2D eigenvalue weighted by molar-refractivity contribution is 0.0185. The number of rotatable bonds is 6. The molecule has 15 heavy (non-hydrogen) atoms. The molecule has 0 amide bonds. The molecule has 1 rings (SSSR count). The van der Waals surface area contributed by atoms with Gasteiger partial charge in [0.05, 0.1) is 17.5 Å². The van der Waals surface area contributed by atoms with Crippen LogP contribution in [0.25, 0.3) is 0 Å². The molecule has 4 heteroatoms. The van der Waals surface area contributed by atoms with Gasteiger partial charge in [-0.3, -0.25) is 4.68 Å². The molecule has 0 bridgehead atoms. The van der Waals surface area contributed by atoms with Crippen molar-refractivity contribution < 1.29 is 4.74 Å². The molecule has 4 nitrogen and oxygen atoms in total. The fourth-order valence-corrected chi connectivity index (χ4v) is 1.24. The molecule has 86 valence electrons. The Hall–Kier alpha value is -1.03. The fraction of sp³-hybridized carbons (Fsp3) is 0.727. The third-order valence-corrected chi connectivity index (χ3v) is 2.57. The zero-order valence-corrected chi connectivity index (χ0v) is 10.1. The predicted octanol–water partition coefficient (Wildman–Crippen LogP) is 2.13. The lowest BCUT2D eigenvalue weighted by Gasteiger charge is -2.22. The normalized spacial score (nSPS) is 11.7. The summed E-state index contributed by atoms with van der Waals surface area (Å²) in [5.74, 6) is 0. The molecule has 0 atom stereocenters. The maximum atomic E-state index is 5.34. The minimum Gasteiger partial charge on any atom is -0.382 e. The summed E-state index contributed by atoms with van der Waals surface area (Å²) < 4.78 is 7.25. The Kier molecular flexibility index (Phi) is 4.15. The highest BCUT2D eigenvalue weighted by Crippen LogP contribution is 2.13. The molecule has 0 unspecified atom stereocenters. The molecule has 0 spiro atoms. The third kappa shape index (κ3) is 3.91. The first-order valence-electron chi connectivity index (χ1n) is 5.39. The van der Waals surface area contributed by atoms with Gasteiger partial charge >= 0.3 is 0 Å². The van der Waals surface area contributed by atoms with Crippen molar-refractivity contribution in [2.75, 3.05) is 19.0 Å². The van der Waals surface area contributed by atoms with E-state index in [0.29, 0.717) is 0 Å². The molecule has 0 saturated carbocycles. The van der Waals surface area contributed by atoms with E-state index in [1.54, 1.807) is 7.11 Å². The number of aromatic nitrogens is 2. The first kappa shape index (κ1) is 12.0. The lowest BCUT2D eigenvalue weighted by atomic mass is 10.1. The van der Waals surface area contributed by atoms with Crippen molar-refractivity contribution in [3.8, 4) is 0 Å². The van der Waals surface area contributed by atoms with Crippen molar-refractivity contribution in [1.29, 1.82) is 0 Å². The predicted molar refractivity (Wildman–Crippen MR) is 62.1 cm³/mol. The Morgan fingerprint density at radius 1 is 1.53 bits per heavy atom. The molecule has 1 aromatic heterocycles. The van der Waals surface area contributed by atoms with Gasteiger partial charge in [0.25, 0.3) is 0 Å². The molecule has 1 N–H and O–H groups in total. The first-order valence-corrected chi connectivity index (χ1v) is 5.39. The average molecular weight is 211 g/mol. The molecular weight excluding hydrogens is 190 g/mol. The van der Waals surface area contributed by atoms with E-state index in [4.69, 9.17) is 4.74 Å². The van der Waals surface area contributed by atoms with E-state index in [1.807, 2.05) is 17.1 Å². The van der Waals surface area contributed by atoms with Gasteiger partial charge in [-0.2, -0.15) is 5.10 Å². The summed E-state index contributed by atoms with van der Waals surface area (Å²) in [6, 6.07) is 0. The highest BCUT2D eigenvalue weighted by Gasteiger charge is 2.15. The van der Waals surface area contributed by atoms with Gasteiger partial charge in [-0.25, -0.2) is 0 Å². The Bertz CT molecular complexity index is 294. The minimum atomic E-state index is -0.0618. The summed E-state index contributed by atoms with van der Waals surface area (Å²) in [5.41, 5.74) is 1.01. The van der Waals surface area contributed by atoms with Crippen LogP contribution in [0.4, 0.5) is 5.69 Å². The van der Waals surface area contributed by atoms with Crippen LogP contribution in [-0.4, -0.2) is 29.0 Å². The van der Waals surface area contributed by atoms with Gasteiger partial charge in [-0.15, -0.1) is 0 Å². The molecule has 1 heterocycles. The van der Waals surface area contributed by atoms with Gasteiger partial charge in [-0.05, 0) is 27.2 Å². The molecule has 0 aliphatic heterocycles. The van der Waals surface area contributed by atoms with Gasteiger partial charge in [0.15, 0.2) is 0 Å². The van der Waals surface area contributed by atoms with E-state index in [-0.39, 0.29) is 5.60 Å². The molecule has 0 radical (unpaired) electrons. The number of hydrogen-bond acceptors (Lipinski definition) is 3. The molecule has 1 aromatic rings. The largest absolute Gasteiger partial charge is 0.382 e. The summed E-state index contributed by atoms with van der Waals surface area (Å²) in [6.45, 7) is 8.06. The summed E-state index contributed by atoms with van der Waals surface area (Å²) in [7, 11) is 1.75. The van der Waals surface area contributed by atoms with Crippen LogP contribution in [0.1, 0.15) is 27.2 Å². The molecule has 0 aromatic carbocycles. The van der Waals surface area contributed by atoms with E-state index in [0.717, 1.165) is 25.2 Å². The van der Waals surface area contributed by atoms with Crippen molar-refractivity contribution in [2.24, 2.45) is 0 Å². The summed E-state index contributed by atoms with van der Waals surface area (Å²) >= 11 is 0. The van der Waals surface area contributed by atoms with Gasteiger partial charge in [0, 0.05) is 26.4 Å². The maximum Gasteiger partial charge on any atom is 0.0726 e. The van der Waals surface area contributed by atoms with Crippen LogP contribution >= 0.6 is 0 Å². The second kappa shape index (κ2) is 5.16. The van der Waals surface area contributed by atoms with Crippen molar-refractivity contribution in [2.45, 2.75) is 39.3 Å². The van der Waals surface area contributed by atoms with E-state index < -0.39 is 0 Å². The summed E-state index contributed by atoms with van der Waals surface area (Å²) in [5, 5.41) is 7.52. The zero-order valence-electron chi connectivity index (χ0n) is 10.1. The smallest absolute Gasteiger partial charge is 0.0726 e. The second-order valence-electron chi connectivity index (χ2n) is 4.23. The molecule has 0 aliphatic rings. The number of ether oxygens (including phenoxy) is 1. The van der Waals surface area contributed by atoms with Crippen LogP contribution in [0.3, 0.4) is 0 Å². The first-order chi connectivity index (χ1) is 7.07. The van der Waals surface area contributed by atoms with E-state index >= 15 is 0 Å². The quantitative estimate of drug-likeness (QED) is 0.783. The van der Waals surface area contributed by atoms with Gasteiger partial charge in [0.1, 0.15) is 0 Å². The lowest BCUT2D eigenvalue weighted by Crippen LogP contribution is -2.25. The molecular formula is C11H21N3O. The summed E-state index contributed by atoms with van der Waals surface area (Å²) in [4.78, 5) is 0. The van der Waals surface area contributed by atoms with Crippen molar-refractivity contribution in [3.63, 3.8) is 0 Å². The average Bonchev–Trinajstić information content (AvgIpc) is 2.66. The van der Waals surface area contributed by atoms with Crippen molar-refractivity contribution >= 4 is 5.69 Å². The Morgan fingerprint density at radius 3 is 2.80 bits per heavy atom. The standard InChI is InChI=1S/C11H21N3O/c1-5-14-9-10(8-13-14)12-7-6-11(2,3)15-4/h8-9,12H,5-7H2,1-4H3. The Balaban J connectivity index is 2.31. The minimum absolute atomic E-state index is 0.0618. The third-order valence-electron chi connectivity index (χ3n) is 2.57. The molecule has 0 fully saturated rings. The Morgan fingerprint density at radius 2 is 2.27 bits per heavy atom. The van der Waals surface area contributed by atoms with Crippen molar-refractivity contribution in [3.05, 3.63) is 12.4 Å². The Labute approximate surface area is 91.6 Å². The van der Waals surface area contributed by atoms with E-state index in [2.05, 4.69) is 31.2 Å². The topological polar surface area (TPSA) is 39.1 Å². The maximum absolute atomic E-state index is 5.34. The van der Waals surface area contributed by atoms with Crippen molar-refractivity contribution in [1.82, 2.24) is 9.78 Å². The zero-order chi connectivity index (χ0) is 11.3. The van der Waals surface area contributed by atoms with Gasteiger partial charge in [0.2, 0.25) is 0 Å². The van der Waals surface area contributed by atoms with Crippen LogP contribution in [0.5, 0.6) is 0 Å². The van der Waals surface area contributed by atoms with E-state index in [9.17, 15) is 0 Å². The van der Waals surface area contributed by atoms with Gasteiger partial charge < -0.3 is 10.1 Å². The fourth-order valence-electron chi connectivity index (χ4n) is 1.24. The molecule has 0 aliphatic carbocycles. The number of aryl methyl sites for hydroxylation is 1. The molecule has 0 saturated heterocycles. The number of anilines is 1. The van der Waals surface area contributed by atoms with Crippen LogP contribution in [-0.2, 0) is 11.3 Å². The highest BCUT2D eigenvalue weighted by molar-refractivity contribution is 5.37. The number of nitrogens with one attached hydrogen (secondary N) is 1. The second-order valence-corrected chi connectivity index (χ2v) is 4.23. The van der Waals surface area contributed by atoms with Crippen LogP contribution in [0.15, 0.2) is 12.4 Å². The van der Waals surface area contributed by atoms with Gasteiger partial charge in [-0.1, -0.05) is 0 Å². The number of hydrogen-bond donors (Lipinski definition) is 1. The van der Waals surface area contributed by atoms with Crippen LogP contribution in [0, 0.1) is 0 Å².